The lowest BCUT2D eigenvalue weighted by Crippen LogP contribution is -1.96. The van der Waals surface area contributed by atoms with Crippen LogP contribution in [0.4, 0.5) is 0 Å². The van der Waals surface area contributed by atoms with E-state index >= 15 is 0 Å². The lowest BCUT2D eigenvalue weighted by Gasteiger charge is -2.06. The number of phenolic OH excluding ortho intramolecular Hbond substituents is 1. The van der Waals surface area contributed by atoms with Crippen LogP contribution in [0.25, 0.3) is 11.6 Å². The number of phenols is 1. The lowest BCUT2D eigenvalue weighted by atomic mass is 10.0. The van der Waals surface area contributed by atoms with Crippen LogP contribution < -0.4 is 4.74 Å². The van der Waals surface area contributed by atoms with E-state index in [1.165, 1.54) is 0 Å². The minimum Gasteiger partial charge on any atom is -0.508 e. The van der Waals surface area contributed by atoms with Crippen molar-refractivity contribution in [2.75, 3.05) is 6.61 Å². The van der Waals surface area contributed by atoms with Gasteiger partial charge in [0.1, 0.15) is 11.5 Å². The SMILES string of the molecule is CCCCOc1ccc(/C(C#N)=C/c2ccc(O)cc2)cc1. The molecule has 3 heteroatoms. The number of unbranched alkanes of at least 4 members (excludes halogenated alkanes) is 1. The molecule has 0 saturated heterocycles. The minimum atomic E-state index is 0.212. The van der Waals surface area contributed by atoms with E-state index in [0.29, 0.717) is 12.2 Å². The number of nitriles is 1. The van der Waals surface area contributed by atoms with Crippen LogP contribution in [0.3, 0.4) is 0 Å². The molecular weight excluding hydrogens is 274 g/mol. The molecule has 0 aliphatic rings. The molecule has 2 rings (SSSR count). The van der Waals surface area contributed by atoms with Gasteiger partial charge >= 0.3 is 0 Å². The Kier molecular flexibility index (Phi) is 5.62. The van der Waals surface area contributed by atoms with Gasteiger partial charge in [0.25, 0.3) is 0 Å². The summed E-state index contributed by atoms with van der Waals surface area (Å²) in [7, 11) is 0. The molecule has 2 aromatic rings. The third-order valence-electron chi connectivity index (χ3n) is 3.26. The van der Waals surface area contributed by atoms with E-state index < -0.39 is 0 Å². The van der Waals surface area contributed by atoms with Gasteiger partial charge in [0.05, 0.1) is 18.2 Å². The smallest absolute Gasteiger partial charge is 0.119 e. The first-order valence-corrected chi connectivity index (χ1v) is 7.37. The quantitative estimate of drug-likeness (QED) is 0.480. The maximum Gasteiger partial charge on any atom is 0.119 e. The molecule has 0 aliphatic heterocycles. The van der Waals surface area contributed by atoms with E-state index in [2.05, 4.69) is 13.0 Å². The summed E-state index contributed by atoms with van der Waals surface area (Å²) in [6.45, 7) is 2.84. The van der Waals surface area contributed by atoms with Crippen molar-refractivity contribution < 1.29 is 9.84 Å². The first kappa shape index (κ1) is 15.7. The molecule has 3 nitrogen and oxygen atoms in total. The molecule has 0 aromatic heterocycles. The highest BCUT2D eigenvalue weighted by molar-refractivity contribution is 5.89. The van der Waals surface area contributed by atoms with E-state index in [0.717, 1.165) is 29.7 Å². The molecule has 112 valence electrons. The number of aromatic hydroxyl groups is 1. The van der Waals surface area contributed by atoms with Gasteiger partial charge in [-0.15, -0.1) is 0 Å². The monoisotopic (exact) mass is 293 g/mol. The van der Waals surface area contributed by atoms with Gasteiger partial charge in [-0.25, -0.2) is 0 Å². The standard InChI is InChI=1S/C19H19NO2/c1-2-3-12-22-19-10-6-16(7-11-19)17(14-20)13-15-4-8-18(21)9-5-15/h4-11,13,21H,2-3,12H2,1H3/b17-13+. The molecule has 22 heavy (non-hydrogen) atoms. The van der Waals surface area contributed by atoms with Crippen molar-refractivity contribution in [3.63, 3.8) is 0 Å². The highest BCUT2D eigenvalue weighted by Crippen LogP contribution is 2.22. The molecule has 0 saturated carbocycles. The van der Waals surface area contributed by atoms with Crippen LogP contribution in [0.2, 0.25) is 0 Å². The van der Waals surface area contributed by atoms with E-state index in [4.69, 9.17) is 4.74 Å². The molecule has 0 atom stereocenters. The summed E-state index contributed by atoms with van der Waals surface area (Å²) in [6, 6.07) is 16.5. The highest BCUT2D eigenvalue weighted by Gasteiger charge is 2.02. The van der Waals surface area contributed by atoms with Gasteiger partial charge in [-0.3, -0.25) is 0 Å². The Labute approximate surface area is 131 Å². The van der Waals surface area contributed by atoms with Crippen LogP contribution >= 0.6 is 0 Å². The molecule has 2 aromatic carbocycles. The second kappa shape index (κ2) is 7.90. The van der Waals surface area contributed by atoms with Gasteiger partial charge in [-0.1, -0.05) is 25.5 Å². The third kappa shape index (κ3) is 4.39. The molecule has 0 bridgehead atoms. The van der Waals surface area contributed by atoms with Crippen LogP contribution in [0.15, 0.2) is 48.5 Å². The summed E-state index contributed by atoms with van der Waals surface area (Å²) < 4.78 is 5.62. The minimum absolute atomic E-state index is 0.212. The molecule has 0 unspecified atom stereocenters. The largest absolute Gasteiger partial charge is 0.508 e. The summed E-state index contributed by atoms with van der Waals surface area (Å²) in [5, 5.41) is 18.6. The number of hydrogen-bond donors (Lipinski definition) is 1. The normalized spacial score (nSPS) is 11.0. The fourth-order valence-electron chi connectivity index (χ4n) is 1.98. The van der Waals surface area contributed by atoms with Gasteiger partial charge < -0.3 is 9.84 Å². The molecule has 0 fully saturated rings. The van der Waals surface area contributed by atoms with Crippen LogP contribution in [-0.4, -0.2) is 11.7 Å². The van der Waals surface area contributed by atoms with Crippen LogP contribution in [0.1, 0.15) is 30.9 Å². The number of ether oxygens (including phenoxy) is 1. The van der Waals surface area contributed by atoms with Crippen LogP contribution in [0, 0.1) is 11.3 Å². The number of benzene rings is 2. The Hall–Kier alpha value is -2.73. The fourth-order valence-corrected chi connectivity index (χ4v) is 1.98. The summed E-state index contributed by atoms with van der Waals surface area (Å²) in [4.78, 5) is 0. The van der Waals surface area contributed by atoms with Crippen molar-refractivity contribution in [2.24, 2.45) is 0 Å². The van der Waals surface area contributed by atoms with Crippen molar-refractivity contribution in [1.29, 1.82) is 5.26 Å². The van der Waals surface area contributed by atoms with Gasteiger partial charge in [-0.2, -0.15) is 5.26 Å². The Morgan fingerprint density at radius 2 is 1.82 bits per heavy atom. The van der Waals surface area contributed by atoms with Gasteiger partial charge in [0, 0.05) is 0 Å². The Morgan fingerprint density at radius 3 is 2.41 bits per heavy atom. The topological polar surface area (TPSA) is 53.2 Å². The van der Waals surface area contributed by atoms with Crippen molar-refractivity contribution >= 4 is 11.6 Å². The lowest BCUT2D eigenvalue weighted by molar-refractivity contribution is 0.309. The second-order valence-electron chi connectivity index (χ2n) is 4.99. The number of allylic oxidation sites excluding steroid dienone is 1. The zero-order valence-corrected chi connectivity index (χ0v) is 12.6. The third-order valence-corrected chi connectivity index (χ3v) is 3.26. The Balaban J connectivity index is 2.14. The van der Waals surface area contributed by atoms with Crippen molar-refractivity contribution in [3.05, 3.63) is 59.7 Å². The predicted octanol–water partition coefficient (Wildman–Crippen LogP) is 4.64. The summed E-state index contributed by atoms with van der Waals surface area (Å²) >= 11 is 0. The van der Waals surface area contributed by atoms with Crippen molar-refractivity contribution in [2.45, 2.75) is 19.8 Å². The molecule has 1 N–H and O–H groups in total. The average molecular weight is 293 g/mol. The zero-order chi connectivity index (χ0) is 15.8. The Bertz CT molecular complexity index is 664. The second-order valence-corrected chi connectivity index (χ2v) is 4.99. The van der Waals surface area contributed by atoms with Crippen LogP contribution in [-0.2, 0) is 0 Å². The van der Waals surface area contributed by atoms with Crippen molar-refractivity contribution in [3.8, 4) is 17.6 Å². The van der Waals surface area contributed by atoms with E-state index in [-0.39, 0.29) is 5.75 Å². The molecule has 0 aliphatic carbocycles. The van der Waals surface area contributed by atoms with E-state index in [1.54, 1.807) is 30.3 Å². The van der Waals surface area contributed by atoms with Crippen LogP contribution in [0.5, 0.6) is 11.5 Å². The maximum absolute atomic E-state index is 9.34. The Morgan fingerprint density at radius 1 is 1.14 bits per heavy atom. The van der Waals surface area contributed by atoms with E-state index in [1.807, 2.05) is 24.3 Å². The summed E-state index contributed by atoms with van der Waals surface area (Å²) in [6.07, 6.45) is 3.93. The molecule has 0 spiro atoms. The molecule has 0 amide bonds. The highest BCUT2D eigenvalue weighted by atomic mass is 16.5. The van der Waals surface area contributed by atoms with Gasteiger partial charge in [0.2, 0.25) is 0 Å². The predicted molar refractivity (Wildman–Crippen MR) is 88.4 cm³/mol. The van der Waals surface area contributed by atoms with Gasteiger partial charge in [0.15, 0.2) is 0 Å². The number of nitrogens with zero attached hydrogens (tertiary/aromatic N) is 1. The van der Waals surface area contributed by atoms with E-state index in [9.17, 15) is 10.4 Å². The molecular formula is C19H19NO2. The van der Waals surface area contributed by atoms with Crippen molar-refractivity contribution in [1.82, 2.24) is 0 Å². The average Bonchev–Trinajstić information content (AvgIpc) is 2.55. The fraction of sp³-hybridized carbons (Fsp3) is 0.211. The molecule has 0 heterocycles. The van der Waals surface area contributed by atoms with Gasteiger partial charge in [-0.05, 0) is 60.0 Å². The zero-order valence-electron chi connectivity index (χ0n) is 12.6. The number of rotatable bonds is 6. The summed E-state index contributed by atoms with van der Waals surface area (Å²) in [5.74, 6) is 1.03. The first-order chi connectivity index (χ1) is 10.7. The first-order valence-electron chi connectivity index (χ1n) is 7.37. The molecule has 0 radical (unpaired) electrons. The maximum atomic E-state index is 9.34. The number of hydrogen-bond acceptors (Lipinski definition) is 3. The summed E-state index contributed by atoms with van der Waals surface area (Å²) in [5.41, 5.74) is 2.29.